The van der Waals surface area contributed by atoms with E-state index in [0.29, 0.717) is 5.02 Å². The standard InChI is InChI=1S/C15H23BrClNO/c1-3-4-5-6-7-8-14(18)12-9-11(17)10-13(16)15(12)19-2/h9-10,14H,3-8,18H2,1-2H3. The van der Waals surface area contributed by atoms with Crippen molar-refractivity contribution >= 4 is 27.5 Å². The lowest BCUT2D eigenvalue weighted by Gasteiger charge is -2.17. The number of benzene rings is 1. The van der Waals surface area contributed by atoms with Gasteiger partial charge in [-0.15, -0.1) is 0 Å². The van der Waals surface area contributed by atoms with Crippen molar-refractivity contribution in [3.8, 4) is 5.75 Å². The van der Waals surface area contributed by atoms with Gasteiger partial charge in [-0.2, -0.15) is 0 Å². The third kappa shape index (κ3) is 5.33. The first-order valence-electron chi connectivity index (χ1n) is 6.88. The molecule has 0 fully saturated rings. The molecular weight excluding hydrogens is 326 g/mol. The lowest BCUT2D eigenvalue weighted by molar-refractivity contribution is 0.400. The molecule has 0 bridgehead atoms. The fourth-order valence-corrected chi connectivity index (χ4v) is 3.19. The molecule has 1 rings (SSSR count). The normalized spacial score (nSPS) is 12.5. The topological polar surface area (TPSA) is 35.2 Å². The summed E-state index contributed by atoms with van der Waals surface area (Å²) in [6, 6.07) is 3.71. The van der Waals surface area contributed by atoms with Gasteiger partial charge in [0.05, 0.1) is 11.6 Å². The Hall–Kier alpha value is -0.250. The first-order valence-corrected chi connectivity index (χ1v) is 8.05. The third-order valence-electron chi connectivity index (χ3n) is 3.26. The van der Waals surface area contributed by atoms with E-state index in [1.807, 2.05) is 12.1 Å². The highest BCUT2D eigenvalue weighted by Gasteiger charge is 2.15. The summed E-state index contributed by atoms with van der Waals surface area (Å²) in [6.45, 7) is 2.22. The molecule has 108 valence electrons. The Morgan fingerprint density at radius 1 is 1.26 bits per heavy atom. The molecule has 4 heteroatoms. The molecule has 1 unspecified atom stereocenters. The zero-order valence-corrected chi connectivity index (χ0v) is 14.1. The molecular formula is C15H23BrClNO. The van der Waals surface area contributed by atoms with Crippen LogP contribution in [0.4, 0.5) is 0 Å². The Balaban J connectivity index is 2.63. The van der Waals surface area contributed by atoms with Crippen LogP contribution in [0.3, 0.4) is 0 Å². The van der Waals surface area contributed by atoms with Crippen molar-refractivity contribution in [1.29, 1.82) is 0 Å². The lowest BCUT2D eigenvalue weighted by Crippen LogP contribution is -2.12. The van der Waals surface area contributed by atoms with Crippen LogP contribution in [0.2, 0.25) is 5.02 Å². The Labute approximate surface area is 129 Å². The number of hydrogen-bond acceptors (Lipinski definition) is 2. The van der Waals surface area contributed by atoms with Gasteiger partial charge in [-0.3, -0.25) is 0 Å². The molecule has 0 aromatic heterocycles. The monoisotopic (exact) mass is 347 g/mol. The smallest absolute Gasteiger partial charge is 0.137 e. The zero-order valence-electron chi connectivity index (χ0n) is 11.7. The first kappa shape index (κ1) is 16.8. The lowest BCUT2D eigenvalue weighted by atomic mass is 10.00. The number of hydrogen-bond donors (Lipinski definition) is 1. The highest BCUT2D eigenvalue weighted by atomic mass is 79.9. The molecule has 0 heterocycles. The minimum absolute atomic E-state index is 0.0217. The van der Waals surface area contributed by atoms with Crippen molar-refractivity contribution in [2.24, 2.45) is 5.73 Å². The Morgan fingerprint density at radius 3 is 2.58 bits per heavy atom. The van der Waals surface area contributed by atoms with Crippen LogP contribution in [0, 0.1) is 0 Å². The third-order valence-corrected chi connectivity index (χ3v) is 4.07. The van der Waals surface area contributed by atoms with E-state index < -0.39 is 0 Å². The van der Waals surface area contributed by atoms with E-state index in [1.54, 1.807) is 7.11 Å². The summed E-state index contributed by atoms with van der Waals surface area (Å²) in [5.41, 5.74) is 7.25. The zero-order chi connectivity index (χ0) is 14.3. The molecule has 0 amide bonds. The molecule has 1 atom stereocenters. The molecule has 0 aliphatic heterocycles. The van der Waals surface area contributed by atoms with E-state index in [-0.39, 0.29) is 6.04 Å². The van der Waals surface area contributed by atoms with Crippen LogP contribution >= 0.6 is 27.5 Å². The number of rotatable bonds is 8. The second-order valence-electron chi connectivity index (χ2n) is 4.82. The minimum Gasteiger partial charge on any atom is -0.495 e. The number of unbranched alkanes of at least 4 members (excludes halogenated alkanes) is 4. The highest BCUT2D eigenvalue weighted by molar-refractivity contribution is 9.10. The van der Waals surface area contributed by atoms with Gasteiger partial charge in [0.2, 0.25) is 0 Å². The van der Waals surface area contributed by atoms with Crippen molar-refractivity contribution in [2.45, 2.75) is 51.5 Å². The minimum atomic E-state index is -0.0217. The predicted molar refractivity (Wildman–Crippen MR) is 86.0 cm³/mol. The van der Waals surface area contributed by atoms with E-state index >= 15 is 0 Å². The van der Waals surface area contributed by atoms with Gasteiger partial charge >= 0.3 is 0 Å². The van der Waals surface area contributed by atoms with Crippen LogP contribution in [0.5, 0.6) is 5.75 Å². The van der Waals surface area contributed by atoms with Gasteiger partial charge in [-0.1, -0.05) is 50.6 Å². The number of methoxy groups -OCH3 is 1. The molecule has 0 saturated carbocycles. The Bertz CT molecular complexity index is 398. The average molecular weight is 349 g/mol. The molecule has 0 aliphatic carbocycles. The Morgan fingerprint density at radius 2 is 1.95 bits per heavy atom. The van der Waals surface area contributed by atoms with Crippen LogP contribution in [0.25, 0.3) is 0 Å². The van der Waals surface area contributed by atoms with Crippen molar-refractivity contribution < 1.29 is 4.74 Å². The fraction of sp³-hybridized carbons (Fsp3) is 0.600. The molecule has 0 spiro atoms. The summed E-state index contributed by atoms with van der Waals surface area (Å²) in [4.78, 5) is 0. The van der Waals surface area contributed by atoms with Crippen molar-refractivity contribution in [3.05, 3.63) is 27.2 Å². The van der Waals surface area contributed by atoms with Crippen LogP contribution in [-0.2, 0) is 0 Å². The summed E-state index contributed by atoms with van der Waals surface area (Å²) >= 11 is 9.55. The van der Waals surface area contributed by atoms with Gasteiger partial charge in [0.15, 0.2) is 0 Å². The highest BCUT2D eigenvalue weighted by Crippen LogP contribution is 2.36. The van der Waals surface area contributed by atoms with E-state index in [9.17, 15) is 0 Å². The largest absolute Gasteiger partial charge is 0.495 e. The molecule has 0 radical (unpaired) electrons. The second kappa shape index (κ2) is 8.83. The number of nitrogens with two attached hydrogens (primary N) is 1. The summed E-state index contributed by atoms with van der Waals surface area (Å²) < 4.78 is 6.27. The summed E-state index contributed by atoms with van der Waals surface area (Å²) in [6.07, 6.45) is 7.22. The van der Waals surface area contributed by atoms with Gasteiger partial charge in [0.1, 0.15) is 5.75 Å². The van der Waals surface area contributed by atoms with Gasteiger partial charge in [-0.25, -0.2) is 0 Å². The summed E-state index contributed by atoms with van der Waals surface area (Å²) in [5.74, 6) is 0.797. The van der Waals surface area contributed by atoms with E-state index in [1.165, 1.54) is 25.7 Å². The quantitative estimate of drug-likeness (QED) is 0.632. The van der Waals surface area contributed by atoms with Gasteiger partial charge in [0.25, 0.3) is 0 Å². The SMILES string of the molecule is CCCCCCCC(N)c1cc(Cl)cc(Br)c1OC. The van der Waals surface area contributed by atoms with Crippen LogP contribution < -0.4 is 10.5 Å². The van der Waals surface area contributed by atoms with Crippen LogP contribution in [0.15, 0.2) is 16.6 Å². The number of halogens is 2. The predicted octanol–water partition coefficient (Wildman–Crippen LogP) is 5.47. The van der Waals surface area contributed by atoms with Gasteiger partial charge in [-0.05, 0) is 34.5 Å². The van der Waals surface area contributed by atoms with E-state index in [4.69, 9.17) is 22.1 Å². The maximum absolute atomic E-state index is 6.26. The van der Waals surface area contributed by atoms with Crippen molar-refractivity contribution in [2.75, 3.05) is 7.11 Å². The number of ether oxygens (including phenoxy) is 1. The van der Waals surface area contributed by atoms with E-state index in [0.717, 1.165) is 28.6 Å². The van der Waals surface area contributed by atoms with Crippen molar-refractivity contribution in [1.82, 2.24) is 0 Å². The summed E-state index contributed by atoms with van der Waals surface area (Å²) in [7, 11) is 1.66. The molecule has 0 aliphatic rings. The van der Waals surface area contributed by atoms with Gasteiger partial charge < -0.3 is 10.5 Å². The molecule has 1 aromatic rings. The maximum atomic E-state index is 6.26. The van der Waals surface area contributed by atoms with Crippen LogP contribution in [0.1, 0.15) is 57.1 Å². The maximum Gasteiger partial charge on any atom is 0.137 e. The molecule has 2 nitrogen and oxygen atoms in total. The molecule has 0 saturated heterocycles. The second-order valence-corrected chi connectivity index (χ2v) is 6.11. The summed E-state index contributed by atoms with van der Waals surface area (Å²) in [5, 5.41) is 0.684. The molecule has 1 aromatic carbocycles. The molecule has 2 N–H and O–H groups in total. The Kier molecular flexibility index (Phi) is 7.81. The first-order chi connectivity index (χ1) is 9.10. The molecule has 19 heavy (non-hydrogen) atoms. The average Bonchev–Trinajstić information content (AvgIpc) is 2.37. The van der Waals surface area contributed by atoms with Crippen molar-refractivity contribution in [3.63, 3.8) is 0 Å². The van der Waals surface area contributed by atoms with Gasteiger partial charge in [0, 0.05) is 16.6 Å². The fourth-order valence-electron chi connectivity index (χ4n) is 2.19. The van der Waals surface area contributed by atoms with E-state index in [2.05, 4.69) is 22.9 Å². The van der Waals surface area contributed by atoms with Crippen LogP contribution in [-0.4, -0.2) is 7.11 Å².